The molecule has 0 aromatic carbocycles. The molecule has 0 amide bonds. The second-order valence-electron chi connectivity index (χ2n) is 2.64. The summed E-state index contributed by atoms with van der Waals surface area (Å²) >= 11 is 0. The first-order valence-corrected chi connectivity index (χ1v) is 3.98. The summed E-state index contributed by atoms with van der Waals surface area (Å²) in [6.45, 7) is 0. The van der Waals surface area contributed by atoms with E-state index < -0.39 is 5.97 Å². The van der Waals surface area contributed by atoms with Crippen LogP contribution >= 0.6 is 0 Å². The lowest BCUT2D eigenvalue weighted by Gasteiger charge is -1.92. The Morgan fingerprint density at radius 2 is 2.43 bits per heavy atom. The van der Waals surface area contributed by atoms with Crippen LogP contribution in [0.1, 0.15) is 10.6 Å². The number of nitrogens with zero attached hydrogens (tertiary/aromatic N) is 1. The molecule has 0 atom stereocenters. The van der Waals surface area contributed by atoms with Gasteiger partial charge < -0.3 is 9.15 Å². The van der Waals surface area contributed by atoms with Crippen molar-refractivity contribution in [1.29, 1.82) is 0 Å². The van der Waals surface area contributed by atoms with Gasteiger partial charge in [-0.2, -0.15) is 5.10 Å². The summed E-state index contributed by atoms with van der Waals surface area (Å²) in [7, 11) is 1.31. The zero-order valence-corrected chi connectivity index (χ0v) is 7.48. The molecule has 14 heavy (non-hydrogen) atoms. The Morgan fingerprint density at radius 1 is 1.57 bits per heavy atom. The molecule has 0 aliphatic carbocycles. The SMILES string of the molecule is COC(=O)c1ccc(-c2cn[nH]c2)o1. The van der Waals surface area contributed by atoms with E-state index in [0.29, 0.717) is 5.76 Å². The number of esters is 1. The van der Waals surface area contributed by atoms with Crippen molar-refractivity contribution in [3.63, 3.8) is 0 Å². The van der Waals surface area contributed by atoms with Crippen LogP contribution in [0, 0.1) is 0 Å². The maximum absolute atomic E-state index is 11.1. The molecule has 0 aliphatic heterocycles. The molecule has 0 aliphatic rings. The molecule has 72 valence electrons. The largest absolute Gasteiger partial charge is 0.463 e. The van der Waals surface area contributed by atoms with Crippen LogP contribution in [-0.4, -0.2) is 23.3 Å². The number of nitrogens with one attached hydrogen (secondary N) is 1. The summed E-state index contributed by atoms with van der Waals surface area (Å²) in [5.41, 5.74) is 0.792. The minimum atomic E-state index is -0.486. The van der Waals surface area contributed by atoms with Gasteiger partial charge in [0.2, 0.25) is 5.76 Å². The van der Waals surface area contributed by atoms with Crippen LogP contribution in [0.5, 0.6) is 0 Å². The van der Waals surface area contributed by atoms with E-state index in [0.717, 1.165) is 5.56 Å². The van der Waals surface area contributed by atoms with Crippen LogP contribution in [-0.2, 0) is 4.74 Å². The number of furan rings is 1. The number of aromatic amines is 1. The normalized spacial score (nSPS) is 10.1. The number of carbonyl (C=O) groups is 1. The summed E-state index contributed by atoms with van der Waals surface area (Å²) < 4.78 is 9.76. The Hall–Kier alpha value is -2.04. The first-order valence-electron chi connectivity index (χ1n) is 3.98. The van der Waals surface area contributed by atoms with Gasteiger partial charge in [0, 0.05) is 6.20 Å². The zero-order valence-electron chi connectivity index (χ0n) is 7.48. The molecule has 0 unspecified atom stereocenters. The Kier molecular flexibility index (Phi) is 2.06. The van der Waals surface area contributed by atoms with E-state index in [9.17, 15) is 4.79 Å². The smallest absolute Gasteiger partial charge is 0.373 e. The van der Waals surface area contributed by atoms with Gasteiger partial charge in [0.05, 0.1) is 18.9 Å². The summed E-state index contributed by atoms with van der Waals surface area (Å²) in [6.07, 6.45) is 3.29. The van der Waals surface area contributed by atoms with Gasteiger partial charge in [-0.15, -0.1) is 0 Å². The van der Waals surface area contributed by atoms with E-state index in [-0.39, 0.29) is 5.76 Å². The average molecular weight is 192 g/mol. The number of aromatic nitrogens is 2. The lowest BCUT2D eigenvalue weighted by molar-refractivity contribution is 0.0566. The van der Waals surface area contributed by atoms with Crippen molar-refractivity contribution in [2.45, 2.75) is 0 Å². The third-order valence-corrected chi connectivity index (χ3v) is 1.78. The lowest BCUT2D eigenvalue weighted by Crippen LogP contribution is -1.97. The molecule has 2 aromatic heterocycles. The van der Waals surface area contributed by atoms with Crippen molar-refractivity contribution in [2.24, 2.45) is 0 Å². The summed E-state index contributed by atoms with van der Waals surface area (Å²) in [5, 5.41) is 6.43. The molecule has 0 spiro atoms. The maximum Gasteiger partial charge on any atom is 0.373 e. The average Bonchev–Trinajstić information content (AvgIpc) is 2.86. The second-order valence-corrected chi connectivity index (χ2v) is 2.64. The Morgan fingerprint density at radius 3 is 3.07 bits per heavy atom. The van der Waals surface area contributed by atoms with Crippen molar-refractivity contribution >= 4 is 5.97 Å². The van der Waals surface area contributed by atoms with Crippen LogP contribution in [0.3, 0.4) is 0 Å². The van der Waals surface area contributed by atoms with E-state index in [2.05, 4.69) is 14.9 Å². The van der Waals surface area contributed by atoms with Gasteiger partial charge in [0.15, 0.2) is 0 Å². The quantitative estimate of drug-likeness (QED) is 0.731. The van der Waals surface area contributed by atoms with Crippen molar-refractivity contribution in [2.75, 3.05) is 7.11 Å². The Bertz CT molecular complexity index is 431. The summed E-state index contributed by atoms with van der Waals surface area (Å²) in [4.78, 5) is 11.1. The molecule has 5 heteroatoms. The highest BCUT2D eigenvalue weighted by Crippen LogP contribution is 2.20. The van der Waals surface area contributed by atoms with Gasteiger partial charge in [-0.25, -0.2) is 4.79 Å². The number of hydrogen-bond acceptors (Lipinski definition) is 4. The number of ether oxygens (including phenoxy) is 1. The molecule has 0 saturated heterocycles. The van der Waals surface area contributed by atoms with E-state index in [4.69, 9.17) is 4.42 Å². The fraction of sp³-hybridized carbons (Fsp3) is 0.111. The molecular weight excluding hydrogens is 184 g/mol. The van der Waals surface area contributed by atoms with Crippen molar-refractivity contribution in [1.82, 2.24) is 10.2 Å². The molecule has 5 nitrogen and oxygen atoms in total. The second kappa shape index (κ2) is 3.37. The third-order valence-electron chi connectivity index (χ3n) is 1.78. The van der Waals surface area contributed by atoms with E-state index in [1.807, 2.05) is 0 Å². The maximum atomic E-state index is 11.1. The van der Waals surface area contributed by atoms with Gasteiger partial charge in [-0.1, -0.05) is 0 Å². The third kappa shape index (κ3) is 1.39. The van der Waals surface area contributed by atoms with Crippen LogP contribution < -0.4 is 0 Å². The van der Waals surface area contributed by atoms with Gasteiger partial charge in [-0.05, 0) is 12.1 Å². The topological polar surface area (TPSA) is 68.1 Å². The van der Waals surface area contributed by atoms with Crippen molar-refractivity contribution in [3.05, 3.63) is 30.3 Å². The van der Waals surface area contributed by atoms with Crippen LogP contribution in [0.25, 0.3) is 11.3 Å². The predicted octanol–water partition coefficient (Wildman–Crippen LogP) is 1.46. The summed E-state index contributed by atoms with van der Waals surface area (Å²) in [5.74, 6) is 0.280. The van der Waals surface area contributed by atoms with Crippen molar-refractivity contribution in [3.8, 4) is 11.3 Å². The molecule has 1 N–H and O–H groups in total. The first kappa shape index (κ1) is 8.55. The fourth-order valence-electron chi connectivity index (χ4n) is 1.09. The van der Waals surface area contributed by atoms with Crippen LogP contribution in [0.2, 0.25) is 0 Å². The number of rotatable bonds is 2. The Labute approximate surface area is 79.7 Å². The molecule has 2 heterocycles. The highest BCUT2D eigenvalue weighted by molar-refractivity contribution is 5.86. The van der Waals surface area contributed by atoms with Gasteiger partial charge in [0.25, 0.3) is 0 Å². The number of hydrogen-bond donors (Lipinski definition) is 1. The van der Waals surface area contributed by atoms with Crippen molar-refractivity contribution < 1.29 is 13.9 Å². The van der Waals surface area contributed by atoms with Gasteiger partial charge >= 0.3 is 5.97 Å². The molecule has 2 aromatic rings. The minimum Gasteiger partial charge on any atom is -0.463 e. The fourth-order valence-corrected chi connectivity index (χ4v) is 1.09. The van der Waals surface area contributed by atoms with Crippen LogP contribution in [0.15, 0.2) is 28.9 Å². The van der Waals surface area contributed by atoms with Crippen LogP contribution in [0.4, 0.5) is 0 Å². The highest BCUT2D eigenvalue weighted by Gasteiger charge is 2.12. The predicted molar refractivity (Wildman–Crippen MR) is 47.6 cm³/mol. The molecule has 2 rings (SSSR count). The summed E-state index contributed by atoms with van der Waals surface area (Å²) in [6, 6.07) is 3.26. The minimum absolute atomic E-state index is 0.184. The molecular formula is C9H8N2O3. The molecule has 0 saturated carbocycles. The molecule has 0 bridgehead atoms. The lowest BCUT2D eigenvalue weighted by atomic mass is 10.3. The van der Waals surface area contributed by atoms with Gasteiger partial charge in [0.1, 0.15) is 5.76 Å². The molecule has 0 fully saturated rings. The Balaban J connectivity index is 2.31. The van der Waals surface area contributed by atoms with E-state index >= 15 is 0 Å². The number of carbonyl (C=O) groups excluding carboxylic acids is 1. The number of methoxy groups -OCH3 is 1. The van der Waals surface area contributed by atoms with E-state index in [1.165, 1.54) is 7.11 Å². The first-order chi connectivity index (χ1) is 6.81. The van der Waals surface area contributed by atoms with E-state index in [1.54, 1.807) is 24.5 Å². The standard InChI is InChI=1S/C9H8N2O3/c1-13-9(12)8-3-2-7(14-8)6-4-10-11-5-6/h2-5H,1H3,(H,10,11). The number of H-pyrrole nitrogens is 1. The monoisotopic (exact) mass is 192 g/mol. The molecule has 0 radical (unpaired) electrons. The highest BCUT2D eigenvalue weighted by atomic mass is 16.5. The van der Waals surface area contributed by atoms with Gasteiger partial charge in [-0.3, -0.25) is 5.10 Å². The zero-order chi connectivity index (χ0) is 9.97.